The van der Waals surface area contributed by atoms with E-state index in [1.807, 2.05) is 43.2 Å². The average Bonchev–Trinajstić information content (AvgIpc) is 2.19. The van der Waals surface area contributed by atoms with Crippen LogP contribution >= 0.6 is 0 Å². The summed E-state index contributed by atoms with van der Waals surface area (Å²) in [6.45, 7) is 8.19. The minimum Gasteiger partial charge on any atom is -0.309 e. The van der Waals surface area contributed by atoms with Crippen molar-refractivity contribution in [3.8, 4) is 0 Å². The van der Waals surface area contributed by atoms with Gasteiger partial charge in [-0.25, -0.2) is 0 Å². The molecule has 2 nitrogen and oxygen atoms in total. The molecule has 0 aromatic carbocycles. The fourth-order valence-electron chi connectivity index (χ4n) is 1.26. The number of rotatable bonds is 0. The molecule has 0 bridgehead atoms. The summed E-state index contributed by atoms with van der Waals surface area (Å²) < 4.78 is 0. The lowest BCUT2D eigenvalue weighted by Crippen LogP contribution is -2.30. The van der Waals surface area contributed by atoms with Crippen molar-refractivity contribution in [2.75, 3.05) is 0 Å². The van der Waals surface area contributed by atoms with Gasteiger partial charge in [-0.05, 0) is 32.1 Å². The predicted molar refractivity (Wildman–Crippen MR) is 62.1 cm³/mol. The first kappa shape index (κ1) is 10.8. The van der Waals surface area contributed by atoms with Crippen molar-refractivity contribution in [3.05, 3.63) is 36.7 Å². The molecule has 2 heteroatoms. The van der Waals surface area contributed by atoms with Gasteiger partial charge in [-0.3, -0.25) is 4.99 Å². The van der Waals surface area contributed by atoms with Gasteiger partial charge in [0.25, 0.3) is 0 Å². The third-order valence-electron chi connectivity index (χ3n) is 1.91. The molecule has 0 unspecified atom stereocenters. The number of fused-ring (bicyclic) bond motifs is 1. The molecule has 0 atom stereocenters. The van der Waals surface area contributed by atoms with Crippen LogP contribution in [0.2, 0.25) is 0 Å². The first-order valence-corrected chi connectivity index (χ1v) is 5.10. The highest BCUT2D eigenvalue weighted by molar-refractivity contribution is 5.96. The lowest BCUT2D eigenvalue weighted by molar-refractivity contribution is 0.593. The van der Waals surface area contributed by atoms with Gasteiger partial charge in [-0.1, -0.05) is 19.9 Å². The molecule has 2 rings (SSSR count). The summed E-state index contributed by atoms with van der Waals surface area (Å²) in [5.41, 5.74) is -0.0542. The van der Waals surface area contributed by atoms with Gasteiger partial charge in [0.2, 0.25) is 0 Å². The molecule has 0 aromatic heterocycles. The second kappa shape index (κ2) is 4.27. The van der Waals surface area contributed by atoms with Crippen molar-refractivity contribution in [1.82, 2.24) is 4.90 Å². The SMILES string of the molecule is CC.CC1(C)C=CN2C=CC=CC2=N1. The maximum Gasteiger partial charge on any atom is 0.132 e. The molecule has 76 valence electrons. The maximum absolute atomic E-state index is 4.55. The van der Waals surface area contributed by atoms with E-state index in [1.165, 1.54) is 0 Å². The zero-order chi connectivity index (χ0) is 10.6. The van der Waals surface area contributed by atoms with E-state index in [0.29, 0.717) is 0 Å². The van der Waals surface area contributed by atoms with E-state index in [0.717, 1.165) is 5.84 Å². The molecule has 0 amide bonds. The molecule has 0 spiro atoms. The molecule has 2 aliphatic rings. The van der Waals surface area contributed by atoms with E-state index in [1.54, 1.807) is 0 Å². The summed E-state index contributed by atoms with van der Waals surface area (Å²) >= 11 is 0. The maximum atomic E-state index is 4.55. The van der Waals surface area contributed by atoms with E-state index < -0.39 is 0 Å². The highest BCUT2D eigenvalue weighted by atomic mass is 15.2. The average molecular weight is 190 g/mol. The van der Waals surface area contributed by atoms with Gasteiger partial charge in [-0.15, -0.1) is 0 Å². The molecule has 2 heterocycles. The van der Waals surface area contributed by atoms with Crippen LogP contribution in [0.15, 0.2) is 41.7 Å². The van der Waals surface area contributed by atoms with Crippen LogP contribution in [0.25, 0.3) is 0 Å². The monoisotopic (exact) mass is 190 g/mol. The van der Waals surface area contributed by atoms with Crippen LogP contribution < -0.4 is 0 Å². The van der Waals surface area contributed by atoms with Gasteiger partial charge in [-0.2, -0.15) is 0 Å². The highest BCUT2D eigenvalue weighted by Crippen LogP contribution is 2.19. The van der Waals surface area contributed by atoms with Gasteiger partial charge in [0.05, 0.1) is 5.54 Å². The Balaban J connectivity index is 0.000000461. The van der Waals surface area contributed by atoms with Crippen LogP contribution in [0.4, 0.5) is 0 Å². The zero-order valence-corrected chi connectivity index (χ0v) is 9.36. The molecule has 0 aromatic rings. The first-order chi connectivity index (χ1) is 6.67. The van der Waals surface area contributed by atoms with Gasteiger partial charge >= 0.3 is 0 Å². The van der Waals surface area contributed by atoms with Crippen LogP contribution in [0.3, 0.4) is 0 Å². The Morgan fingerprint density at radius 3 is 2.57 bits per heavy atom. The summed E-state index contributed by atoms with van der Waals surface area (Å²) in [4.78, 5) is 6.57. The van der Waals surface area contributed by atoms with E-state index in [2.05, 4.69) is 31.1 Å². The molecule has 2 aliphatic heterocycles. The van der Waals surface area contributed by atoms with Crippen LogP contribution in [-0.4, -0.2) is 16.3 Å². The van der Waals surface area contributed by atoms with Crippen molar-refractivity contribution in [1.29, 1.82) is 0 Å². The van der Waals surface area contributed by atoms with E-state index in [9.17, 15) is 0 Å². The van der Waals surface area contributed by atoms with Crippen molar-refractivity contribution < 1.29 is 0 Å². The molecule has 0 aliphatic carbocycles. The number of amidine groups is 1. The number of hydrogen-bond donors (Lipinski definition) is 0. The molecule has 14 heavy (non-hydrogen) atoms. The Kier molecular flexibility index (Phi) is 3.28. The summed E-state index contributed by atoms with van der Waals surface area (Å²) in [5.74, 6) is 1.02. The van der Waals surface area contributed by atoms with Crippen molar-refractivity contribution in [2.24, 2.45) is 4.99 Å². The second-order valence-corrected chi connectivity index (χ2v) is 3.55. The van der Waals surface area contributed by atoms with Crippen LogP contribution in [0.1, 0.15) is 27.7 Å². The smallest absolute Gasteiger partial charge is 0.132 e. The molecule has 0 saturated carbocycles. The lowest BCUT2D eigenvalue weighted by atomic mass is 10.1. The quantitative estimate of drug-likeness (QED) is 0.573. The number of nitrogens with zero attached hydrogens (tertiary/aromatic N) is 2. The molecule has 0 N–H and O–H groups in total. The molecule has 0 radical (unpaired) electrons. The van der Waals surface area contributed by atoms with E-state index in [4.69, 9.17) is 0 Å². The molecular formula is C12H18N2. The Morgan fingerprint density at radius 2 is 1.86 bits per heavy atom. The third-order valence-corrected chi connectivity index (χ3v) is 1.91. The van der Waals surface area contributed by atoms with Gasteiger partial charge in [0.15, 0.2) is 0 Å². The lowest BCUT2D eigenvalue weighted by Gasteiger charge is -2.28. The minimum atomic E-state index is -0.0542. The standard InChI is InChI=1S/C10H12N2.C2H6/c1-10(2)6-8-12-7-4-3-5-9(12)11-10;1-2/h3-8H,1-2H3;1-2H3. The third kappa shape index (κ3) is 2.34. The van der Waals surface area contributed by atoms with Crippen molar-refractivity contribution in [2.45, 2.75) is 33.2 Å². The fourth-order valence-corrected chi connectivity index (χ4v) is 1.26. The summed E-state index contributed by atoms with van der Waals surface area (Å²) in [6, 6.07) is 0. The minimum absolute atomic E-state index is 0.0542. The highest BCUT2D eigenvalue weighted by Gasteiger charge is 2.19. The number of aliphatic imine (C=N–C) groups is 1. The number of allylic oxidation sites excluding steroid dienone is 2. The van der Waals surface area contributed by atoms with Gasteiger partial charge < -0.3 is 4.90 Å². The Hall–Kier alpha value is -1.31. The van der Waals surface area contributed by atoms with Crippen LogP contribution in [0.5, 0.6) is 0 Å². The van der Waals surface area contributed by atoms with E-state index in [-0.39, 0.29) is 5.54 Å². The Labute approximate surface area is 86.3 Å². The Bertz CT molecular complexity index is 306. The fraction of sp³-hybridized carbons (Fsp3) is 0.417. The van der Waals surface area contributed by atoms with Gasteiger partial charge in [0, 0.05) is 12.4 Å². The predicted octanol–water partition coefficient (Wildman–Crippen LogP) is 3.10. The van der Waals surface area contributed by atoms with Crippen LogP contribution in [-0.2, 0) is 0 Å². The molecule has 0 saturated heterocycles. The van der Waals surface area contributed by atoms with Crippen molar-refractivity contribution in [3.63, 3.8) is 0 Å². The molecular weight excluding hydrogens is 172 g/mol. The number of hydrogen-bond acceptors (Lipinski definition) is 2. The van der Waals surface area contributed by atoms with Gasteiger partial charge in [0.1, 0.15) is 5.84 Å². The summed E-state index contributed by atoms with van der Waals surface area (Å²) in [7, 11) is 0. The first-order valence-electron chi connectivity index (χ1n) is 5.10. The topological polar surface area (TPSA) is 15.6 Å². The summed E-state index contributed by atoms with van der Waals surface area (Å²) in [6.07, 6.45) is 12.2. The zero-order valence-electron chi connectivity index (χ0n) is 9.36. The van der Waals surface area contributed by atoms with Crippen LogP contribution in [0, 0.1) is 0 Å². The second-order valence-electron chi connectivity index (χ2n) is 3.55. The summed E-state index contributed by atoms with van der Waals surface area (Å²) in [5, 5.41) is 0. The van der Waals surface area contributed by atoms with E-state index >= 15 is 0 Å². The largest absolute Gasteiger partial charge is 0.309 e. The normalized spacial score (nSPS) is 20.9. The Morgan fingerprint density at radius 1 is 1.14 bits per heavy atom. The molecule has 0 fully saturated rings. The van der Waals surface area contributed by atoms with Crippen molar-refractivity contribution >= 4 is 5.84 Å².